The van der Waals surface area contributed by atoms with E-state index in [2.05, 4.69) is 75.3 Å². The Morgan fingerprint density at radius 2 is 1.61 bits per heavy atom. The third-order valence-corrected chi connectivity index (χ3v) is 3.34. The van der Waals surface area contributed by atoms with E-state index in [1.54, 1.807) is 0 Å². The van der Waals surface area contributed by atoms with Crippen molar-refractivity contribution in [1.29, 1.82) is 0 Å². The predicted octanol–water partition coefficient (Wildman–Crippen LogP) is 3.18. The molecule has 18 heavy (non-hydrogen) atoms. The first-order valence-corrected chi connectivity index (χ1v) is 6.34. The molecule has 1 atom stereocenters. The molecule has 0 radical (unpaired) electrons. The second-order valence-electron chi connectivity index (χ2n) is 5.76. The third-order valence-electron chi connectivity index (χ3n) is 3.34. The summed E-state index contributed by atoms with van der Waals surface area (Å²) in [6, 6.07) is 15.1. The van der Waals surface area contributed by atoms with Gasteiger partial charge in [0.15, 0.2) is 0 Å². The fraction of sp³-hybridized carbons (Fsp3) is 0.375. The fourth-order valence-corrected chi connectivity index (χ4v) is 2.83. The first kappa shape index (κ1) is 13.1. The number of hydrogen-bond donors (Lipinski definition) is 1. The maximum absolute atomic E-state index is 6.36. The summed E-state index contributed by atoms with van der Waals surface area (Å²) in [4.78, 5) is 2.20. The molecule has 0 saturated heterocycles. The molecule has 2 aromatic carbocycles. The van der Waals surface area contributed by atoms with E-state index in [4.69, 9.17) is 5.73 Å². The second-order valence-corrected chi connectivity index (χ2v) is 5.76. The maximum Gasteiger partial charge on any atom is 0.0523 e. The topological polar surface area (TPSA) is 29.3 Å². The van der Waals surface area contributed by atoms with Crippen molar-refractivity contribution in [2.24, 2.45) is 5.73 Å². The summed E-state index contributed by atoms with van der Waals surface area (Å²) in [5.41, 5.74) is 7.37. The van der Waals surface area contributed by atoms with Gasteiger partial charge in [0.05, 0.1) is 6.04 Å². The van der Waals surface area contributed by atoms with Crippen molar-refractivity contribution in [3.8, 4) is 0 Å². The highest BCUT2D eigenvalue weighted by Crippen LogP contribution is 2.33. The SMILES string of the molecule is CN(C)C(c1cccc2ccccc12)C(C)(C)N. The molecule has 2 N–H and O–H groups in total. The van der Waals surface area contributed by atoms with E-state index in [0.29, 0.717) is 0 Å². The number of nitrogens with two attached hydrogens (primary N) is 1. The Balaban J connectivity index is 2.65. The Hall–Kier alpha value is -1.38. The highest BCUT2D eigenvalue weighted by Gasteiger charge is 2.29. The molecule has 0 aliphatic carbocycles. The Morgan fingerprint density at radius 1 is 1.00 bits per heavy atom. The van der Waals surface area contributed by atoms with Gasteiger partial charge < -0.3 is 10.6 Å². The molecule has 0 fully saturated rings. The molecule has 0 aromatic heterocycles. The molecule has 0 saturated carbocycles. The molecular formula is C16H22N2. The summed E-state index contributed by atoms with van der Waals surface area (Å²) < 4.78 is 0. The zero-order valence-electron chi connectivity index (χ0n) is 11.6. The van der Waals surface area contributed by atoms with E-state index in [0.717, 1.165) is 0 Å². The van der Waals surface area contributed by atoms with E-state index in [-0.39, 0.29) is 11.6 Å². The van der Waals surface area contributed by atoms with Gasteiger partial charge in [-0.05, 0) is 44.3 Å². The predicted molar refractivity (Wildman–Crippen MR) is 78.6 cm³/mol. The van der Waals surface area contributed by atoms with Gasteiger partial charge in [-0.1, -0.05) is 42.5 Å². The number of fused-ring (bicyclic) bond motifs is 1. The lowest BCUT2D eigenvalue weighted by molar-refractivity contribution is 0.206. The Bertz CT molecular complexity index is 533. The Morgan fingerprint density at radius 3 is 2.22 bits per heavy atom. The average Bonchev–Trinajstić information content (AvgIpc) is 2.27. The third kappa shape index (κ3) is 2.40. The largest absolute Gasteiger partial charge is 0.324 e. The molecule has 2 heteroatoms. The monoisotopic (exact) mass is 242 g/mol. The molecule has 0 aliphatic rings. The summed E-state index contributed by atoms with van der Waals surface area (Å²) in [6.07, 6.45) is 0. The van der Waals surface area contributed by atoms with Crippen molar-refractivity contribution in [3.05, 3.63) is 48.0 Å². The molecule has 96 valence electrons. The van der Waals surface area contributed by atoms with Crippen LogP contribution in [-0.4, -0.2) is 24.5 Å². The summed E-state index contributed by atoms with van der Waals surface area (Å²) in [5, 5.41) is 2.56. The summed E-state index contributed by atoms with van der Waals surface area (Å²) in [5.74, 6) is 0. The van der Waals surface area contributed by atoms with Crippen molar-refractivity contribution in [3.63, 3.8) is 0 Å². The van der Waals surface area contributed by atoms with Crippen LogP contribution >= 0.6 is 0 Å². The van der Waals surface area contributed by atoms with Crippen LogP contribution in [0.4, 0.5) is 0 Å². The van der Waals surface area contributed by atoms with Crippen LogP contribution in [0.2, 0.25) is 0 Å². The lowest BCUT2D eigenvalue weighted by Crippen LogP contribution is -2.45. The minimum Gasteiger partial charge on any atom is -0.324 e. The molecule has 0 heterocycles. The van der Waals surface area contributed by atoms with Crippen LogP contribution in [0.15, 0.2) is 42.5 Å². The zero-order valence-corrected chi connectivity index (χ0v) is 11.6. The first-order chi connectivity index (χ1) is 8.41. The van der Waals surface area contributed by atoms with E-state index in [1.165, 1.54) is 16.3 Å². The Kier molecular flexibility index (Phi) is 3.42. The van der Waals surface area contributed by atoms with Crippen LogP contribution in [0, 0.1) is 0 Å². The standard InChI is InChI=1S/C16H22N2/c1-16(2,17)15(18(3)4)14-11-7-9-12-8-5-6-10-13(12)14/h5-11,15H,17H2,1-4H3. The smallest absolute Gasteiger partial charge is 0.0523 e. The maximum atomic E-state index is 6.36. The van der Waals surface area contributed by atoms with Gasteiger partial charge in [-0.3, -0.25) is 0 Å². The van der Waals surface area contributed by atoms with Crippen molar-refractivity contribution >= 4 is 10.8 Å². The first-order valence-electron chi connectivity index (χ1n) is 6.34. The van der Waals surface area contributed by atoms with Gasteiger partial charge in [0.2, 0.25) is 0 Å². The van der Waals surface area contributed by atoms with Crippen molar-refractivity contribution in [2.45, 2.75) is 25.4 Å². The number of rotatable bonds is 3. The average molecular weight is 242 g/mol. The van der Waals surface area contributed by atoms with Gasteiger partial charge in [0.1, 0.15) is 0 Å². The van der Waals surface area contributed by atoms with Gasteiger partial charge in [-0.2, -0.15) is 0 Å². The van der Waals surface area contributed by atoms with Gasteiger partial charge in [0.25, 0.3) is 0 Å². The molecule has 1 unspecified atom stereocenters. The van der Waals surface area contributed by atoms with E-state index in [9.17, 15) is 0 Å². The molecular weight excluding hydrogens is 220 g/mol. The van der Waals surface area contributed by atoms with Crippen molar-refractivity contribution < 1.29 is 0 Å². The number of nitrogens with zero attached hydrogens (tertiary/aromatic N) is 1. The van der Waals surface area contributed by atoms with E-state index >= 15 is 0 Å². The Labute approximate surface area is 109 Å². The summed E-state index contributed by atoms with van der Waals surface area (Å²) in [7, 11) is 4.17. The van der Waals surface area contributed by atoms with Crippen LogP contribution in [0.25, 0.3) is 10.8 Å². The van der Waals surface area contributed by atoms with Crippen LogP contribution in [-0.2, 0) is 0 Å². The van der Waals surface area contributed by atoms with E-state index in [1.807, 2.05) is 0 Å². The van der Waals surface area contributed by atoms with Crippen LogP contribution in [0.1, 0.15) is 25.5 Å². The molecule has 0 spiro atoms. The van der Waals surface area contributed by atoms with Crippen LogP contribution < -0.4 is 5.73 Å². The fourth-order valence-electron chi connectivity index (χ4n) is 2.83. The minimum atomic E-state index is -0.284. The molecule has 2 rings (SSSR count). The highest BCUT2D eigenvalue weighted by molar-refractivity contribution is 5.86. The quantitative estimate of drug-likeness (QED) is 0.895. The molecule has 0 amide bonds. The number of likely N-dealkylation sites (N-methyl/N-ethyl adjacent to an activating group) is 1. The lowest BCUT2D eigenvalue weighted by atomic mass is 9.86. The van der Waals surface area contributed by atoms with Gasteiger partial charge in [-0.15, -0.1) is 0 Å². The summed E-state index contributed by atoms with van der Waals surface area (Å²) >= 11 is 0. The van der Waals surface area contributed by atoms with E-state index < -0.39 is 0 Å². The number of benzene rings is 2. The molecule has 0 bridgehead atoms. The second kappa shape index (κ2) is 4.71. The zero-order chi connectivity index (χ0) is 13.3. The summed E-state index contributed by atoms with van der Waals surface area (Å²) in [6.45, 7) is 4.17. The van der Waals surface area contributed by atoms with Crippen molar-refractivity contribution in [2.75, 3.05) is 14.1 Å². The molecule has 0 aliphatic heterocycles. The lowest BCUT2D eigenvalue weighted by Gasteiger charge is -2.36. The number of hydrogen-bond acceptors (Lipinski definition) is 2. The van der Waals surface area contributed by atoms with Crippen molar-refractivity contribution in [1.82, 2.24) is 4.90 Å². The van der Waals surface area contributed by atoms with Crippen LogP contribution in [0.5, 0.6) is 0 Å². The van der Waals surface area contributed by atoms with Gasteiger partial charge >= 0.3 is 0 Å². The molecule has 2 aromatic rings. The van der Waals surface area contributed by atoms with Gasteiger partial charge in [0, 0.05) is 5.54 Å². The van der Waals surface area contributed by atoms with Gasteiger partial charge in [-0.25, -0.2) is 0 Å². The molecule has 2 nitrogen and oxygen atoms in total. The minimum absolute atomic E-state index is 0.198. The highest BCUT2D eigenvalue weighted by atomic mass is 15.1. The normalized spacial score (nSPS) is 14.1. The van der Waals surface area contributed by atoms with Crippen LogP contribution in [0.3, 0.4) is 0 Å².